The smallest absolute Gasteiger partial charge is 0.452 e. The Labute approximate surface area is 144 Å². The van der Waals surface area contributed by atoms with E-state index in [1.165, 1.54) is 12.1 Å². The van der Waals surface area contributed by atoms with E-state index in [0.717, 1.165) is 12.1 Å². The van der Waals surface area contributed by atoms with Crippen LogP contribution in [0.25, 0.3) is 5.69 Å². The fraction of sp³-hybridized carbons (Fsp3) is 0.273. The van der Waals surface area contributed by atoms with Gasteiger partial charge in [-0.1, -0.05) is 33.7 Å². The molecule has 2 rings (SSSR count). The molecule has 0 bridgehead atoms. The van der Waals surface area contributed by atoms with Gasteiger partial charge in [-0.25, -0.2) is 9.36 Å². The second-order valence-electron chi connectivity index (χ2n) is 4.11. The van der Waals surface area contributed by atoms with Crippen molar-refractivity contribution in [1.82, 2.24) is 14.6 Å². The number of alkyl halides is 6. The van der Waals surface area contributed by atoms with E-state index in [0.29, 0.717) is 16.3 Å². The van der Waals surface area contributed by atoms with Crippen molar-refractivity contribution in [1.29, 1.82) is 0 Å². The maximum Gasteiger partial charge on any atom is 0.457 e. The maximum atomic E-state index is 13.3. The van der Waals surface area contributed by atoms with Gasteiger partial charge in [0.1, 0.15) is 5.75 Å². The lowest BCUT2D eigenvalue weighted by Crippen LogP contribution is -2.29. The molecule has 0 saturated heterocycles. The number of rotatable bonds is 5. The van der Waals surface area contributed by atoms with Gasteiger partial charge in [0.2, 0.25) is 5.16 Å². The third kappa shape index (κ3) is 4.33. The molecule has 0 saturated carbocycles. The molecule has 1 atom stereocenters. The van der Waals surface area contributed by atoms with E-state index >= 15 is 0 Å². The molecule has 0 radical (unpaired) electrons. The van der Waals surface area contributed by atoms with Crippen molar-refractivity contribution < 1.29 is 26.8 Å². The van der Waals surface area contributed by atoms with Crippen LogP contribution in [0.15, 0.2) is 34.2 Å². The Morgan fingerprint density at radius 1 is 1.29 bits per heavy atom. The first-order valence-corrected chi connectivity index (χ1v) is 7.66. The topological polar surface area (TPSA) is 49.0 Å². The molecule has 1 aromatic heterocycles. The van der Waals surface area contributed by atoms with Crippen LogP contribution in [-0.2, 0) is 0 Å². The summed E-state index contributed by atoms with van der Waals surface area (Å²) in [5.41, 5.74) is -1.37. The van der Waals surface area contributed by atoms with Gasteiger partial charge in [-0.2, -0.15) is 17.6 Å². The fourth-order valence-corrected chi connectivity index (χ4v) is 2.63. The highest BCUT2D eigenvalue weighted by atomic mass is 35.5. The molecule has 1 aromatic carbocycles. The van der Waals surface area contributed by atoms with Gasteiger partial charge in [-0.05, 0) is 28.8 Å². The molecule has 24 heavy (non-hydrogen) atoms. The van der Waals surface area contributed by atoms with Crippen molar-refractivity contribution in [3.8, 4) is 11.4 Å². The summed E-state index contributed by atoms with van der Waals surface area (Å²) in [4.78, 5) is 11.3. The minimum atomic E-state index is -5.22. The highest BCUT2D eigenvalue weighted by Crippen LogP contribution is 2.30. The quantitative estimate of drug-likeness (QED) is 0.427. The Hall–Kier alpha value is -1.46. The number of hydrogen-bond donors (Lipinski definition) is 0. The Morgan fingerprint density at radius 3 is 2.54 bits per heavy atom. The summed E-state index contributed by atoms with van der Waals surface area (Å²) in [5, 5.41) is 2.99. The van der Waals surface area contributed by atoms with Crippen LogP contribution in [0.3, 0.4) is 0 Å². The van der Waals surface area contributed by atoms with Gasteiger partial charge >= 0.3 is 18.2 Å². The summed E-state index contributed by atoms with van der Waals surface area (Å²) in [5.74, 6) is -0.528. The Balaban J connectivity index is 2.41. The Morgan fingerprint density at radius 2 is 1.96 bits per heavy atom. The van der Waals surface area contributed by atoms with Crippen LogP contribution in [0, 0.1) is 0 Å². The molecule has 0 spiro atoms. The summed E-state index contributed by atoms with van der Waals surface area (Å²) >= 11 is 11.7. The summed E-state index contributed by atoms with van der Waals surface area (Å²) in [6, 6.07) is 4.37. The number of ether oxygens (including phenoxy) is 1. The average molecular weight is 410 g/mol. The van der Waals surface area contributed by atoms with Crippen molar-refractivity contribution in [2.75, 3.05) is 0 Å². The molecular formula is C11H6Cl2F5N3O2S. The van der Waals surface area contributed by atoms with Gasteiger partial charge in [-0.15, -0.1) is 5.10 Å². The van der Waals surface area contributed by atoms with Gasteiger partial charge < -0.3 is 4.74 Å². The molecule has 0 amide bonds. The average Bonchev–Trinajstić information content (AvgIpc) is 2.72. The van der Waals surface area contributed by atoms with E-state index in [1.807, 2.05) is 0 Å². The first-order chi connectivity index (χ1) is 11.1. The molecule has 0 N–H and O–H groups in total. The maximum absolute atomic E-state index is 13.3. The standard InChI is InChI=1S/C11H6Cl2F5N3O2S/c12-8(13)24-9-19-21(18)10(22)20(9)5-2-1-3-6(4-5)23-7(14)11(15,16)17/h1-4,7-8H. The van der Waals surface area contributed by atoms with Crippen molar-refractivity contribution in [3.63, 3.8) is 0 Å². The zero-order valence-electron chi connectivity index (χ0n) is 11.2. The third-order valence-corrected chi connectivity index (χ3v) is 3.67. The van der Waals surface area contributed by atoms with E-state index in [4.69, 9.17) is 23.2 Å². The predicted molar refractivity (Wildman–Crippen MR) is 77.3 cm³/mol. The molecule has 132 valence electrons. The van der Waals surface area contributed by atoms with Gasteiger partial charge in [0, 0.05) is 6.07 Å². The van der Waals surface area contributed by atoms with Crippen LogP contribution in [0.4, 0.5) is 22.0 Å². The van der Waals surface area contributed by atoms with E-state index in [1.54, 1.807) is 0 Å². The number of nitrogens with zero attached hydrogens (tertiary/aromatic N) is 3. The van der Waals surface area contributed by atoms with Gasteiger partial charge in [0.05, 0.1) is 5.69 Å². The van der Waals surface area contributed by atoms with Crippen LogP contribution < -0.4 is 10.4 Å². The SMILES string of the molecule is O=c1n(F)nc(SC(Cl)Cl)n1-c1cccc(OC(F)C(F)(F)F)c1. The minimum Gasteiger partial charge on any atom is -0.452 e. The lowest BCUT2D eigenvalue weighted by molar-refractivity contribution is -0.236. The molecule has 5 nitrogen and oxygen atoms in total. The number of hydrogen-bond acceptors (Lipinski definition) is 4. The van der Waals surface area contributed by atoms with E-state index < -0.39 is 33.0 Å². The van der Waals surface area contributed by atoms with Crippen molar-refractivity contribution in [3.05, 3.63) is 34.7 Å². The second-order valence-corrected chi connectivity index (χ2v) is 6.80. The zero-order chi connectivity index (χ0) is 18.1. The highest BCUT2D eigenvalue weighted by Gasteiger charge is 2.42. The monoisotopic (exact) mass is 409 g/mol. The van der Waals surface area contributed by atoms with Gasteiger partial charge in [-0.3, -0.25) is 0 Å². The normalized spacial score (nSPS) is 13.3. The molecule has 0 aliphatic rings. The molecule has 2 aromatic rings. The largest absolute Gasteiger partial charge is 0.457 e. The minimum absolute atomic E-state index is 0.118. The molecule has 0 aliphatic heterocycles. The number of benzene rings is 1. The third-order valence-electron chi connectivity index (χ3n) is 2.48. The van der Waals surface area contributed by atoms with E-state index in [2.05, 4.69) is 9.84 Å². The van der Waals surface area contributed by atoms with Crippen molar-refractivity contribution in [2.45, 2.75) is 21.9 Å². The highest BCUT2D eigenvalue weighted by molar-refractivity contribution is 8.02. The molecular weight excluding hydrogens is 404 g/mol. The summed E-state index contributed by atoms with van der Waals surface area (Å²) in [6.07, 6.45) is -8.78. The lowest BCUT2D eigenvalue weighted by atomic mass is 10.3. The number of aromatic nitrogens is 3. The number of thioether (sulfide) groups is 1. The molecule has 13 heteroatoms. The second kappa shape index (κ2) is 7.19. The summed E-state index contributed by atoms with van der Waals surface area (Å²) in [6.45, 7) is 0. The van der Waals surface area contributed by atoms with Gasteiger partial charge in [0.25, 0.3) is 0 Å². The van der Waals surface area contributed by atoms with Gasteiger partial charge in [0.15, 0.2) is 4.17 Å². The Bertz CT molecular complexity index is 780. The van der Waals surface area contributed by atoms with Crippen LogP contribution in [0.5, 0.6) is 5.75 Å². The van der Waals surface area contributed by atoms with Crippen LogP contribution in [0.1, 0.15) is 0 Å². The number of halogens is 7. The zero-order valence-corrected chi connectivity index (χ0v) is 13.5. The lowest BCUT2D eigenvalue weighted by Gasteiger charge is -2.15. The Kier molecular flexibility index (Phi) is 5.66. The van der Waals surface area contributed by atoms with Crippen LogP contribution in [0.2, 0.25) is 0 Å². The summed E-state index contributed by atoms with van der Waals surface area (Å²) < 4.78 is 66.5. The molecule has 0 aliphatic carbocycles. The molecule has 1 unspecified atom stereocenters. The van der Waals surface area contributed by atoms with Crippen molar-refractivity contribution in [2.24, 2.45) is 0 Å². The molecule has 1 heterocycles. The summed E-state index contributed by atoms with van der Waals surface area (Å²) in [7, 11) is 0. The predicted octanol–water partition coefficient (Wildman–Crippen LogP) is 3.86. The fourth-order valence-electron chi connectivity index (χ4n) is 1.59. The van der Waals surface area contributed by atoms with E-state index in [9.17, 15) is 26.8 Å². The first kappa shape index (κ1) is 18.9. The van der Waals surface area contributed by atoms with Crippen LogP contribution in [-0.4, -0.2) is 31.3 Å². The molecule has 0 fully saturated rings. The van der Waals surface area contributed by atoms with E-state index in [-0.39, 0.29) is 10.8 Å². The van der Waals surface area contributed by atoms with Crippen LogP contribution >= 0.6 is 35.0 Å². The first-order valence-electron chi connectivity index (χ1n) is 5.90. The van der Waals surface area contributed by atoms with Crippen molar-refractivity contribution >= 4 is 35.0 Å².